The van der Waals surface area contributed by atoms with Crippen LogP contribution in [-0.4, -0.2) is 5.11 Å². The van der Waals surface area contributed by atoms with Crippen molar-refractivity contribution in [2.24, 2.45) is 0 Å². The Labute approximate surface area is 135 Å². The molecular formula is C14H9Cl4FO. The summed E-state index contributed by atoms with van der Waals surface area (Å²) in [6.45, 7) is 1.46. The van der Waals surface area contributed by atoms with Crippen LogP contribution in [0.2, 0.25) is 20.1 Å². The van der Waals surface area contributed by atoms with Crippen LogP contribution in [0.1, 0.15) is 18.1 Å². The first kappa shape index (κ1) is 15.9. The Kier molecular flexibility index (Phi) is 4.53. The van der Waals surface area contributed by atoms with Gasteiger partial charge in [0.05, 0.1) is 15.1 Å². The molecule has 0 spiro atoms. The number of aliphatic hydroxyl groups is 1. The van der Waals surface area contributed by atoms with E-state index in [-0.39, 0.29) is 25.7 Å². The summed E-state index contributed by atoms with van der Waals surface area (Å²) in [4.78, 5) is 0. The quantitative estimate of drug-likeness (QED) is 0.687. The molecule has 1 N–H and O–H groups in total. The Hall–Kier alpha value is -0.510. The fraction of sp³-hybridized carbons (Fsp3) is 0.143. The lowest BCUT2D eigenvalue weighted by Crippen LogP contribution is -2.24. The van der Waals surface area contributed by atoms with Crippen molar-refractivity contribution in [2.45, 2.75) is 12.5 Å². The first-order chi connectivity index (χ1) is 9.25. The van der Waals surface area contributed by atoms with E-state index in [4.69, 9.17) is 46.4 Å². The van der Waals surface area contributed by atoms with E-state index >= 15 is 0 Å². The lowest BCUT2D eigenvalue weighted by atomic mass is 9.88. The fourth-order valence-corrected chi connectivity index (χ4v) is 2.97. The SMILES string of the molecule is CC(O)(c1cc(F)c(Cl)cc1Cl)c1cccc(Cl)c1Cl. The van der Waals surface area contributed by atoms with E-state index in [9.17, 15) is 9.50 Å². The maximum absolute atomic E-state index is 13.6. The lowest BCUT2D eigenvalue weighted by Gasteiger charge is -2.27. The second kappa shape index (κ2) is 5.70. The van der Waals surface area contributed by atoms with E-state index in [0.29, 0.717) is 5.56 Å². The molecule has 1 unspecified atom stereocenters. The summed E-state index contributed by atoms with van der Waals surface area (Å²) >= 11 is 23.7. The van der Waals surface area contributed by atoms with Gasteiger partial charge in [-0.15, -0.1) is 0 Å². The van der Waals surface area contributed by atoms with Crippen LogP contribution in [0.25, 0.3) is 0 Å². The molecule has 2 aromatic rings. The summed E-state index contributed by atoms with van der Waals surface area (Å²) in [5.74, 6) is -0.676. The van der Waals surface area contributed by atoms with Crippen molar-refractivity contribution < 1.29 is 9.50 Å². The molecular weight excluding hydrogens is 345 g/mol. The van der Waals surface area contributed by atoms with Gasteiger partial charge in [0.1, 0.15) is 11.4 Å². The smallest absolute Gasteiger partial charge is 0.142 e. The number of halogens is 5. The van der Waals surface area contributed by atoms with Crippen molar-refractivity contribution >= 4 is 46.4 Å². The van der Waals surface area contributed by atoms with Crippen molar-refractivity contribution in [3.05, 3.63) is 67.4 Å². The van der Waals surface area contributed by atoms with Crippen LogP contribution in [0.3, 0.4) is 0 Å². The highest BCUT2D eigenvalue weighted by Gasteiger charge is 2.31. The average molecular weight is 354 g/mol. The summed E-state index contributed by atoms with van der Waals surface area (Å²) in [5, 5.41) is 11.2. The zero-order chi connectivity index (χ0) is 15.1. The molecule has 1 nitrogen and oxygen atoms in total. The van der Waals surface area contributed by atoms with E-state index in [0.717, 1.165) is 6.07 Å². The molecule has 1 atom stereocenters. The van der Waals surface area contributed by atoms with Gasteiger partial charge in [0.15, 0.2) is 0 Å². The maximum Gasteiger partial charge on any atom is 0.142 e. The molecule has 0 amide bonds. The first-order valence-electron chi connectivity index (χ1n) is 5.57. The van der Waals surface area contributed by atoms with Gasteiger partial charge < -0.3 is 5.11 Å². The highest BCUT2D eigenvalue weighted by molar-refractivity contribution is 6.42. The van der Waals surface area contributed by atoms with Gasteiger partial charge in [-0.3, -0.25) is 0 Å². The minimum Gasteiger partial charge on any atom is -0.381 e. The minimum absolute atomic E-state index is 0.119. The predicted molar refractivity (Wildman–Crippen MR) is 81.6 cm³/mol. The van der Waals surface area contributed by atoms with E-state index < -0.39 is 11.4 Å². The molecule has 2 rings (SSSR count). The highest BCUT2D eigenvalue weighted by atomic mass is 35.5. The van der Waals surface area contributed by atoms with Crippen LogP contribution in [0.5, 0.6) is 0 Å². The normalized spacial score (nSPS) is 14.2. The zero-order valence-corrected chi connectivity index (χ0v) is 13.2. The zero-order valence-electron chi connectivity index (χ0n) is 10.2. The molecule has 0 radical (unpaired) electrons. The van der Waals surface area contributed by atoms with Crippen LogP contribution < -0.4 is 0 Å². The topological polar surface area (TPSA) is 20.2 Å². The van der Waals surface area contributed by atoms with Gasteiger partial charge in [-0.2, -0.15) is 0 Å². The first-order valence-corrected chi connectivity index (χ1v) is 7.08. The monoisotopic (exact) mass is 352 g/mol. The fourth-order valence-electron chi connectivity index (χ4n) is 1.92. The highest BCUT2D eigenvalue weighted by Crippen LogP contribution is 2.40. The average Bonchev–Trinajstić information content (AvgIpc) is 2.36. The van der Waals surface area contributed by atoms with Crippen LogP contribution in [0.15, 0.2) is 30.3 Å². The maximum atomic E-state index is 13.6. The molecule has 2 aromatic carbocycles. The van der Waals surface area contributed by atoms with Crippen LogP contribution >= 0.6 is 46.4 Å². The van der Waals surface area contributed by atoms with Crippen molar-refractivity contribution in [1.82, 2.24) is 0 Å². The number of hydrogen-bond acceptors (Lipinski definition) is 1. The summed E-state index contributed by atoms with van der Waals surface area (Å²) in [6.07, 6.45) is 0. The molecule has 106 valence electrons. The Balaban J connectivity index is 2.66. The third-order valence-electron chi connectivity index (χ3n) is 3.01. The molecule has 0 aliphatic heterocycles. The van der Waals surface area contributed by atoms with E-state index in [1.165, 1.54) is 13.0 Å². The molecule has 0 fully saturated rings. The van der Waals surface area contributed by atoms with Crippen LogP contribution in [0, 0.1) is 5.82 Å². The van der Waals surface area contributed by atoms with Gasteiger partial charge in [-0.1, -0.05) is 58.5 Å². The van der Waals surface area contributed by atoms with Crippen LogP contribution in [-0.2, 0) is 5.60 Å². The van der Waals surface area contributed by atoms with E-state index in [1.54, 1.807) is 18.2 Å². The Morgan fingerprint density at radius 2 is 1.60 bits per heavy atom. The lowest BCUT2D eigenvalue weighted by molar-refractivity contribution is 0.102. The second-order valence-corrected chi connectivity index (χ2v) is 6.02. The molecule has 0 saturated carbocycles. The largest absolute Gasteiger partial charge is 0.381 e. The standard InChI is InChI=1S/C14H9Cl4FO/c1-14(20,7-3-2-4-9(15)13(7)18)8-5-12(19)11(17)6-10(8)16/h2-6,20H,1H3. The van der Waals surface area contributed by atoms with Gasteiger partial charge >= 0.3 is 0 Å². The summed E-state index contributed by atoms with van der Waals surface area (Å²) in [5.41, 5.74) is -1.12. The number of rotatable bonds is 2. The molecule has 20 heavy (non-hydrogen) atoms. The Morgan fingerprint density at radius 1 is 0.950 bits per heavy atom. The molecule has 0 aromatic heterocycles. The van der Waals surface area contributed by atoms with Gasteiger partial charge in [0.25, 0.3) is 0 Å². The molecule has 0 bridgehead atoms. The predicted octanol–water partition coefficient (Wildman–Crippen LogP) is 5.70. The number of hydrogen-bond donors (Lipinski definition) is 1. The van der Waals surface area contributed by atoms with E-state index in [2.05, 4.69) is 0 Å². The summed E-state index contributed by atoms with van der Waals surface area (Å²) in [6, 6.07) is 7.14. The van der Waals surface area contributed by atoms with Crippen molar-refractivity contribution in [3.63, 3.8) is 0 Å². The third kappa shape index (κ3) is 2.76. The third-order valence-corrected chi connectivity index (χ3v) is 4.43. The minimum atomic E-state index is -1.61. The molecule has 0 heterocycles. The number of benzene rings is 2. The van der Waals surface area contributed by atoms with Gasteiger partial charge in [-0.25, -0.2) is 4.39 Å². The molecule has 0 aliphatic rings. The van der Waals surface area contributed by atoms with Crippen molar-refractivity contribution in [3.8, 4) is 0 Å². The summed E-state index contributed by atoms with van der Waals surface area (Å²) in [7, 11) is 0. The molecule has 0 aliphatic carbocycles. The summed E-state index contributed by atoms with van der Waals surface area (Å²) < 4.78 is 13.6. The Bertz CT molecular complexity index is 670. The van der Waals surface area contributed by atoms with Crippen molar-refractivity contribution in [1.29, 1.82) is 0 Å². The molecule has 6 heteroatoms. The van der Waals surface area contributed by atoms with Gasteiger partial charge in [0, 0.05) is 16.1 Å². The van der Waals surface area contributed by atoms with Crippen LogP contribution in [0.4, 0.5) is 4.39 Å². The van der Waals surface area contributed by atoms with Gasteiger partial charge in [0.2, 0.25) is 0 Å². The molecule has 0 saturated heterocycles. The Morgan fingerprint density at radius 3 is 2.25 bits per heavy atom. The van der Waals surface area contributed by atoms with Gasteiger partial charge in [-0.05, 0) is 25.1 Å². The van der Waals surface area contributed by atoms with E-state index in [1.807, 2.05) is 0 Å². The van der Waals surface area contributed by atoms with Crippen molar-refractivity contribution in [2.75, 3.05) is 0 Å². The second-order valence-electron chi connectivity index (χ2n) is 4.42.